The zero-order valence-corrected chi connectivity index (χ0v) is 10.3. The fourth-order valence-electron chi connectivity index (χ4n) is 1.20. The Hall–Kier alpha value is -1.19. The number of carbonyl (C=O) groups is 1. The molecule has 1 aromatic rings. The highest BCUT2D eigenvalue weighted by Gasteiger charge is 2.14. The summed E-state index contributed by atoms with van der Waals surface area (Å²) >= 11 is 11.7. The monoisotopic (exact) mass is 258 g/mol. The summed E-state index contributed by atoms with van der Waals surface area (Å²) in [6.07, 6.45) is 1.64. The molecule has 5 heteroatoms. The van der Waals surface area contributed by atoms with Gasteiger partial charge in [-0.2, -0.15) is 0 Å². The molecular weight excluding hydrogens is 247 g/mol. The SMILES string of the molecule is C=CCN(C)C(=O)c1cc(Cl)c(N)c(Cl)c1. The minimum absolute atomic E-state index is 0.177. The second-order valence-corrected chi connectivity index (χ2v) is 4.14. The normalized spacial score (nSPS) is 9.94. The Morgan fingerprint density at radius 2 is 2.00 bits per heavy atom. The molecule has 3 nitrogen and oxygen atoms in total. The van der Waals surface area contributed by atoms with Crippen molar-refractivity contribution in [2.24, 2.45) is 0 Å². The Balaban J connectivity index is 3.05. The lowest BCUT2D eigenvalue weighted by molar-refractivity contribution is 0.0810. The largest absolute Gasteiger partial charge is 0.396 e. The molecule has 0 aromatic heterocycles. The van der Waals surface area contributed by atoms with Crippen molar-refractivity contribution in [1.82, 2.24) is 4.90 Å². The maximum absolute atomic E-state index is 11.9. The van der Waals surface area contributed by atoms with E-state index in [1.807, 2.05) is 0 Å². The van der Waals surface area contributed by atoms with Crippen LogP contribution in [0.15, 0.2) is 24.8 Å². The smallest absolute Gasteiger partial charge is 0.253 e. The van der Waals surface area contributed by atoms with Gasteiger partial charge in [-0.1, -0.05) is 29.3 Å². The number of nitrogen functional groups attached to an aromatic ring is 1. The molecule has 0 atom stereocenters. The summed E-state index contributed by atoms with van der Waals surface area (Å²) in [5.74, 6) is -0.177. The molecule has 1 amide bonds. The van der Waals surface area contributed by atoms with Gasteiger partial charge in [-0.15, -0.1) is 6.58 Å². The van der Waals surface area contributed by atoms with Gasteiger partial charge in [0.1, 0.15) is 0 Å². The van der Waals surface area contributed by atoms with Crippen LogP contribution in [-0.2, 0) is 0 Å². The molecule has 0 saturated heterocycles. The van der Waals surface area contributed by atoms with Gasteiger partial charge in [0.2, 0.25) is 0 Å². The number of carbonyl (C=O) groups excluding carboxylic acids is 1. The van der Waals surface area contributed by atoms with Gasteiger partial charge in [0.25, 0.3) is 5.91 Å². The Kier molecular flexibility index (Phi) is 4.21. The van der Waals surface area contributed by atoms with Crippen LogP contribution in [0.25, 0.3) is 0 Å². The van der Waals surface area contributed by atoms with Crippen LogP contribution >= 0.6 is 23.2 Å². The Bertz CT molecular complexity index is 409. The van der Waals surface area contributed by atoms with E-state index in [4.69, 9.17) is 28.9 Å². The van der Waals surface area contributed by atoms with Gasteiger partial charge in [-0.05, 0) is 12.1 Å². The van der Waals surface area contributed by atoms with Crippen molar-refractivity contribution in [3.8, 4) is 0 Å². The molecule has 2 N–H and O–H groups in total. The van der Waals surface area contributed by atoms with Crippen molar-refractivity contribution < 1.29 is 4.79 Å². The van der Waals surface area contributed by atoms with Crippen LogP contribution in [0.5, 0.6) is 0 Å². The summed E-state index contributed by atoms with van der Waals surface area (Å²) in [7, 11) is 1.67. The number of likely N-dealkylation sites (N-methyl/N-ethyl adjacent to an activating group) is 1. The predicted molar refractivity (Wildman–Crippen MR) is 68.0 cm³/mol. The van der Waals surface area contributed by atoms with E-state index in [1.165, 1.54) is 17.0 Å². The molecule has 0 radical (unpaired) electrons. The fourth-order valence-corrected chi connectivity index (χ4v) is 1.69. The molecule has 86 valence electrons. The molecule has 0 aliphatic heterocycles. The lowest BCUT2D eigenvalue weighted by atomic mass is 10.2. The van der Waals surface area contributed by atoms with Gasteiger partial charge in [0, 0.05) is 19.2 Å². The topological polar surface area (TPSA) is 46.3 Å². The van der Waals surface area contributed by atoms with Crippen molar-refractivity contribution in [2.75, 3.05) is 19.3 Å². The molecule has 0 bridgehead atoms. The molecule has 0 unspecified atom stereocenters. The number of benzene rings is 1. The second kappa shape index (κ2) is 5.23. The minimum Gasteiger partial charge on any atom is -0.396 e. The summed E-state index contributed by atoms with van der Waals surface area (Å²) in [4.78, 5) is 13.4. The average molecular weight is 259 g/mol. The summed E-state index contributed by atoms with van der Waals surface area (Å²) in [6.45, 7) is 4.02. The van der Waals surface area contributed by atoms with Crippen LogP contribution in [0.4, 0.5) is 5.69 Å². The number of nitrogens with two attached hydrogens (primary N) is 1. The minimum atomic E-state index is -0.177. The Labute approximate surface area is 104 Å². The van der Waals surface area contributed by atoms with Crippen LogP contribution in [0.3, 0.4) is 0 Å². The first-order valence-electron chi connectivity index (χ1n) is 4.58. The molecule has 0 saturated carbocycles. The maximum atomic E-state index is 11.9. The van der Waals surface area contributed by atoms with E-state index >= 15 is 0 Å². The second-order valence-electron chi connectivity index (χ2n) is 3.33. The van der Waals surface area contributed by atoms with Crippen molar-refractivity contribution in [3.63, 3.8) is 0 Å². The summed E-state index contributed by atoms with van der Waals surface area (Å²) in [6, 6.07) is 3.01. The molecule has 0 fully saturated rings. The Morgan fingerprint density at radius 3 is 2.44 bits per heavy atom. The molecule has 0 aliphatic carbocycles. The fraction of sp³-hybridized carbons (Fsp3) is 0.182. The standard InChI is InChI=1S/C11H12Cl2N2O/c1-3-4-15(2)11(16)7-5-8(12)10(14)9(13)6-7/h3,5-6H,1,4,14H2,2H3. The molecular formula is C11H12Cl2N2O. The van der Waals surface area contributed by atoms with Crippen molar-refractivity contribution in [3.05, 3.63) is 40.4 Å². The zero-order valence-electron chi connectivity index (χ0n) is 8.84. The molecule has 0 aliphatic rings. The van der Waals surface area contributed by atoms with E-state index in [1.54, 1.807) is 13.1 Å². The van der Waals surface area contributed by atoms with Crippen molar-refractivity contribution >= 4 is 34.8 Å². The number of anilines is 1. The first-order valence-corrected chi connectivity index (χ1v) is 5.33. The number of rotatable bonds is 3. The van der Waals surface area contributed by atoms with Gasteiger partial charge in [-0.25, -0.2) is 0 Å². The van der Waals surface area contributed by atoms with Crippen LogP contribution < -0.4 is 5.73 Å². The number of hydrogen-bond donors (Lipinski definition) is 1. The maximum Gasteiger partial charge on any atom is 0.253 e. The van der Waals surface area contributed by atoms with Gasteiger partial charge in [0.15, 0.2) is 0 Å². The van der Waals surface area contributed by atoms with Crippen LogP contribution in [-0.4, -0.2) is 24.4 Å². The van der Waals surface area contributed by atoms with Gasteiger partial charge < -0.3 is 10.6 Å². The molecule has 16 heavy (non-hydrogen) atoms. The van der Waals surface area contributed by atoms with E-state index in [0.29, 0.717) is 12.1 Å². The first-order chi connectivity index (χ1) is 7.47. The van der Waals surface area contributed by atoms with Crippen molar-refractivity contribution in [2.45, 2.75) is 0 Å². The highest BCUT2D eigenvalue weighted by Crippen LogP contribution is 2.29. The van der Waals surface area contributed by atoms with E-state index in [2.05, 4.69) is 6.58 Å². The van der Waals surface area contributed by atoms with Gasteiger partial charge >= 0.3 is 0 Å². The number of amides is 1. The summed E-state index contributed by atoms with van der Waals surface area (Å²) in [5.41, 5.74) is 6.27. The molecule has 0 heterocycles. The Morgan fingerprint density at radius 1 is 1.50 bits per heavy atom. The molecule has 1 rings (SSSR count). The van der Waals surface area contributed by atoms with E-state index in [9.17, 15) is 4.79 Å². The van der Waals surface area contributed by atoms with Crippen LogP contribution in [0.1, 0.15) is 10.4 Å². The summed E-state index contributed by atoms with van der Waals surface area (Å²) in [5, 5.41) is 0.561. The van der Waals surface area contributed by atoms with E-state index < -0.39 is 0 Å². The highest BCUT2D eigenvalue weighted by molar-refractivity contribution is 6.39. The number of halogens is 2. The average Bonchev–Trinajstić information content (AvgIpc) is 2.24. The lowest BCUT2D eigenvalue weighted by Gasteiger charge is -2.15. The van der Waals surface area contributed by atoms with Gasteiger partial charge in [0.05, 0.1) is 15.7 Å². The molecule has 1 aromatic carbocycles. The van der Waals surface area contributed by atoms with E-state index in [0.717, 1.165) is 0 Å². The predicted octanol–water partition coefficient (Wildman–Crippen LogP) is 2.83. The third kappa shape index (κ3) is 2.68. The van der Waals surface area contributed by atoms with Gasteiger partial charge in [-0.3, -0.25) is 4.79 Å². The van der Waals surface area contributed by atoms with Crippen LogP contribution in [0.2, 0.25) is 10.0 Å². The third-order valence-electron chi connectivity index (χ3n) is 2.08. The van der Waals surface area contributed by atoms with E-state index in [-0.39, 0.29) is 21.6 Å². The first kappa shape index (κ1) is 12.9. The number of nitrogens with zero attached hydrogens (tertiary/aromatic N) is 1. The zero-order chi connectivity index (χ0) is 12.3. The highest BCUT2D eigenvalue weighted by atomic mass is 35.5. The van der Waals surface area contributed by atoms with Crippen LogP contribution in [0, 0.1) is 0 Å². The lowest BCUT2D eigenvalue weighted by Crippen LogP contribution is -2.26. The quantitative estimate of drug-likeness (QED) is 0.670. The number of hydrogen-bond acceptors (Lipinski definition) is 2. The van der Waals surface area contributed by atoms with Crippen molar-refractivity contribution in [1.29, 1.82) is 0 Å². The summed E-state index contributed by atoms with van der Waals surface area (Å²) < 4.78 is 0. The third-order valence-corrected chi connectivity index (χ3v) is 2.70. The molecule has 0 spiro atoms.